The summed E-state index contributed by atoms with van der Waals surface area (Å²) < 4.78 is 17.9. The Hall–Kier alpha value is -1.83. The van der Waals surface area contributed by atoms with Crippen molar-refractivity contribution in [3.8, 4) is 16.9 Å². The van der Waals surface area contributed by atoms with Crippen LogP contribution in [0.25, 0.3) is 11.1 Å². The van der Waals surface area contributed by atoms with E-state index >= 15 is 0 Å². The van der Waals surface area contributed by atoms with E-state index in [-0.39, 0.29) is 5.82 Å². The van der Waals surface area contributed by atoms with Crippen LogP contribution in [0.3, 0.4) is 0 Å². The van der Waals surface area contributed by atoms with Gasteiger partial charge in [0.15, 0.2) is 0 Å². The summed E-state index contributed by atoms with van der Waals surface area (Å²) in [5.41, 5.74) is 1.84. The third-order valence-corrected chi connectivity index (χ3v) is 2.18. The highest BCUT2D eigenvalue weighted by Crippen LogP contribution is 2.28. The van der Waals surface area contributed by atoms with Gasteiger partial charge in [-0.05, 0) is 17.7 Å². The molecule has 2 aromatic rings. The Morgan fingerprint density at radius 2 is 1.87 bits per heavy atom. The maximum Gasteiger partial charge on any atom is 0.134 e. The summed E-state index contributed by atoms with van der Waals surface area (Å²) in [6.45, 7) is 0. The monoisotopic (exact) mass is 201 g/mol. The molecule has 1 nitrogen and oxygen atoms in total. The second-order valence-electron chi connectivity index (χ2n) is 3.12. The molecule has 0 saturated carbocycles. The predicted molar refractivity (Wildman–Crippen MR) is 57.2 cm³/mol. The minimum absolute atomic E-state index is 0.238. The van der Waals surface area contributed by atoms with E-state index in [0.29, 0.717) is 5.75 Å². The van der Waals surface area contributed by atoms with Crippen LogP contribution in [0.15, 0.2) is 42.5 Å². The highest BCUT2D eigenvalue weighted by molar-refractivity contribution is 5.69. The highest BCUT2D eigenvalue weighted by Gasteiger charge is 2.04. The van der Waals surface area contributed by atoms with E-state index in [9.17, 15) is 4.39 Å². The molecule has 1 radical (unpaired) electrons. The van der Waals surface area contributed by atoms with Gasteiger partial charge in [-0.25, -0.2) is 4.39 Å². The number of hydrogen-bond donors (Lipinski definition) is 0. The van der Waals surface area contributed by atoms with Gasteiger partial charge in [0, 0.05) is 11.6 Å². The van der Waals surface area contributed by atoms with Crippen LogP contribution in [0.4, 0.5) is 4.39 Å². The summed E-state index contributed by atoms with van der Waals surface area (Å²) >= 11 is 0. The Balaban J connectivity index is 2.49. The van der Waals surface area contributed by atoms with Crippen molar-refractivity contribution in [1.82, 2.24) is 0 Å². The molecule has 0 bridgehead atoms. The molecule has 0 fully saturated rings. The van der Waals surface area contributed by atoms with Crippen molar-refractivity contribution in [3.63, 3.8) is 0 Å². The van der Waals surface area contributed by atoms with Crippen LogP contribution in [0.5, 0.6) is 5.75 Å². The fourth-order valence-corrected chi connectivity index (χ4v) is 1.45. The van der Waals surface area contributed by atoms with Gasteiger partial charge in [-0.2, -0.15) is 0 Å². The fourth-order valence-electron chi connectivity index (χ4n) is 1.45. The number of benzene rings is 2. The van der Waals surface area contributed by atoms with Gasteiger partial charge in [0.1, 0.15) is 11.6 Å². The summed E-state index contributed by atoms with van der Waals surface area (Å²) in [6, 6.07) is 14.9. The molecule has 0 N–H and O–H groups in total. The maximum atomic E-state index is 12.7. The molecule has 2 heteroatoms. The number of methoxy groups -OCH3 is 1. The van der Waals surface area contributed by atoms with Crippen LogP contribution in [0.1, 0.15) is 0 Å². The maximum absolute atomic E-state index is 12.7. The molecule has 0 atom stereocenters. The van der Waals surface area contributed by atoms with Gasteiger partial charge in [0.2, 0.25) is 0 Å². The first-order chi connectivity index (χ1) is 7.31. The number of para-hydroxylation sites is 1. The lowest BCUT2D eigenvalue weighted by molar-refractivity contribution is 0.415. The van der Waals surface area contributed by atoms with E-state index in [1.165, 1.54) is 12.1 Å². The van der Waals surface area contributed by atoms with Crippen molar-refractivity contribution in [3.05, 3.63) is 54.3 Å². The molecule has 0 saturated heterocycles. The van der Waals surface area contributed by atoms with E-state index < -0.39 is 0 Å². The van der Waals surface area contributed by atoms with Crippen molar-refractivity contribution < 1.29 is 9.13 Å². The molecule has 2 aromatic carbocycles. The van der Waals surface area contributed by atoms with Crippen molar-refractivity contribution in [2.45, 2.75) is 0 Å². The SMILES string of the molecule is COc1[c]cccc1-c1ccc(F)cc1. The molecule has 0 spiro atoms. The molecule has 0 aliphatic rings. The fraction of sp³-hybridized carbons (Fsp3) is 0.0769. The first-order valence-corrected chi connectivity index (χ1v) is 4.62. The average Bonchev–Trinajstić information content (AvgIpc) is 2.30. The third-order valence-electron chi connectivity index (χ3n) is 2.18. The quantitative estimate of drug-likeness (QED) is 0.724. The van der Waals surface area contributed by atoms with Crippen LogP contribution in [0.2, 0.25) is 0 Å². The normalized spacial score (nSPS) is 10.0. The smallest absolute Gasteiger partial charge is 0.134 e. The Bertz CT molecular complexity index is 448. The van der Waals surface area contributed by atoms with E-state index in [4.69, 9.17) is 4.74 Å². The summed E-state index contributed by atoms with van der Waals surface area (Å²) in [4.78, 5) is 0. The van der Waals surface area contributed by atoms with Crippen LogP contribution in [-0.2, 0) is 0 Å². The number of hydrogen-bond acceptors (Lipinski definition) is 1. The van der Waals surface area contributed by atoms with Crippen molar-refractivity contribution >= 4 is 0 Å². The lowest BCUT2D eigenvalue weighted by atomic mass is 10.0. The number of rotatable bonds is 2. The Morgan fingerprint density at radius 3 is 2.53 bits per heavy atom. The molecular formula is C13H10FO. The summed E-state index contributed by atoms with van der Waals surface area (Å²) in [5.74, 6) is 0.432. The van der Waals surface area contributed by atoms with Gasteiger partial charge in [0.05, 0.1) is 7.11 Å². The molecule has 0 aliphatic heterocycles. The van der Waals surface area contributed by atoms with Crippen LogP contribution in [0, 0.1) is 11.9 Å². The third kappa shape index (κ3) is 1.99. The van der Waals surface area contributed by atoms with E-state index in [0.717, 1.165) is 11.1 Å². The molecule has 0 unspecified atom stereocenters. The first-order valence-electron chi connectivity index (χ1n) is 4.62. The lowest BCUT2D eigenvalue weighted by Crippen LogP contribution is -1.87. The molecule has 0 aromatic heterocycles. The van der Waals surface area contributed by atoms with E-state index in [2.05, 4.69) is 6.07 Å². The molecule has 0 heterocycles. The second kappa shape index (κ2) is 4.13. The molecule has 0 aliphatic carbocycles. The minimum Gasteiger partial charge on any atom is -0.495 e. The molecular weight excluding hydrogens is 191 g/mol. The Labute approximate surface area is 88.1 Å². The summed E-state index contributed by atoms with van der Waals surface area (Å²) in [7, 11) is 1.60. The van der Waals surface area contributed by atoms with Crippen molar-refractivity contribution in [2.75, 3.05) is 7.11 Å². The van der Waals surface area contributed by atoms with Gasteiger partial charge in [-0.15, -0.1) is 0 Å². The largest absolute Gasteiger partial charge is 0.495 e. The Morgan fingerprint density at radius 1 is 1.13 bits per heavy atom. The van der Waals surface area contributed by atoms with Crippen LogP contribution in [-0.4, -0.2) is 7.11 Å². The van der Waals surface area contributed by atoms with Crippen LogP contribution < -0.4 is 4.74 Å². The zero-order valence-electron chi connectivity index (χ0n) is 8.33. The minimum atomic E-state index is -0.238. The Kier molecular flexibility index (Phi) is 2.68. The van der Waals surface area contributed by atoms with E-state index in [1.54, 1.807) is 25.3 Å². The van der Waals surface area contributed by atoms with E-state index in [1.807, 2.05) is 12.1 Å². The topological polar surface area (TPSA) is 9.23 Å². The van der Waals surface area contributed by atoms with Crippen LogP contribution >= 0.6 is 0 Å². The van der Waals surface area contributed by atoms with Gasteiger partial charge in [-0.1, -0.05) is 30.3 Å². The van der Waals surface area contributed by atoms with Gasteiger partial charge in [-0.3, -0.25) is 0 Å². The average molecular weight is 201 g/mol. The van der Waals surface area contributed by atoms with Gasteiger partial charge < -0.3 is 4.74 Å². The molecule has 0 amide bonds. The van der Waals surface area contributed by atoms with Crippen molar-refractivity contribution in [1.29, 1.82) is 0 Å². The molecule has 15 heavy (non-hydrogen) atoms. The zero-order valence-corrected chi connectivity index (χ0v) is 8.33. The summed E-state index contributed by atoms with van der Waals surface area (Å²) in [5, 5.41) is 0. The molecule has 2 rings (SSSR count). The van der Waals surface area contributed by atoms with Gasteiger partial charge >= 0.3 is 0 Å². The standard InChI is InChI=1S/C13H10FO/c1-15-13-5-3-2-4-12(13)10-6-8-11(14)9-7-10/h2-4,6-9H,1H3. The predicted octanol–water partition coefficient (Wildman–Crippen LogP) is 3.30. The number of ether oxygens (including phenoxy) is 1. The van der Waals surface area contributed by atoms with Gasteiger partial charge in [0.25, 0.3) is 0 Å². The second-order valence-corrected chi connectivity index (χ2v) is 3.12. The number of halogens is 1. The lowest BCUT2D eigenvalue weighted by Gasteiger charge is -2.07. The van der Waals surface area contributed by atoms with Crippen molar-refractivity contribution in [2.24, 2.45) is 0 Å². The highest BCUT2D eigenvalue weighted by atomic mass is 19.1. The molecule has 75 valence electrons. The zero-order chi connectivity index (χ0) is 10.7. The summed E-state index contributed by atoms with van der Waals surface area (Å²) in [6.07, 6.45) is 0. The first kappa shape index (κ1) is 9.71.